The summed E-state index contributed by atoms with van der Waals surface area (Å²) in [7, 11) is 0. The second-order valence-corrected chi connectivity index (χ2v) is 5.53. The Bertz CT molecular complexity index is 470. The average Bonchev–Trinajstić information content (AvgIpc) is 2.62. The van der Waals surface area contributed by atoms with Gasteiger partial charge in [0, 0.05) is 24.3 Å². The summed E-state index contributed by atoms with van der Waals surface area (Å²) >= 11 is 0. The first kappa shape index (κ1) is 13.7. The Kier molecular flexibility index (Phi) is 4.30. The van der Waals surface area contributed by atoms with Crippen molar-refractivity contribution in [3.05, 3.63) is 29.3 Å². The summed E-state index contributed by atoms with van der Waals surface area (Å²) in [6.07, 6.45) is 3.68. The van der Waals surface area contributed by atoms with Gasteiger partial charge in [-0.3, -0.25) is 0 Å². The van der Waals surface area contributed by atoms with E-state index in [2.05, 4.69) is 30.0 Å². The highest BCUT2D eigenvalue weighted by Crippen LogP contribution is 2.26. The van der Waals surface area contributed by atoms with Gasteiger partial charge in [-0.05, 0) is 49.8 Å². The molecule has 0 aromatic heterocycles. The molecule has 4 heteroatoms. The van der Waals surface area contributed by atoms with Crippen LogP contribution in [0.15, 0.2) is 23.4 Å². The van der Waals surface area contributed by atoms with E-state index in [4.69, 9.17) is 10.9 Å². The largest absolute Gasteiger partial charge is 0.409 e. The Balaban J connectivity index is 2.34. The van der Waals surface area contributed by atoms with Crippen LogP contribution >= 0.6 is 0 Å². The second-order valence-electron chi connectivity index (χ2n) is 5.53. The van der Waals surface area contributed by atoms with Gasteiger partial charge in [0.15, 0.2) is 5.84 Å². The van der Waals surface area contributed by atoms with Gasteiger partial charge in [-0.1, -0.05) is 18.1 Å². The minimum Gasteiger partial charge on any atom is -0.409 e. The summed E-state index contributed by atoms with van der Waals surface area (Å²) < 4.78 is 0. The van der Waals surface area contributed by atoms with Gasteiger partial charge >= 0.3 is 0 Å². The Labute approximate surface area is 114 Å². The number of nitrogens with zero attached hydrogens (tertiary/aromatic N) is 2. The van der Waals surface area contributed by atoms with Crippen molar-refractivity contribution >= 4 is 11.5 Å². The summed E-state index contributed by atoms with van der Waals surface area (Å²) in [6.45, 7) is 6.46. The van der Waals surface area contributed by atoms with Gasteiger partial charge in [-0.15, -0.1) is 0 Å². The SMILES string of the molecule is Cc1ccc(C(N)=NO)c(N2CCCC(C)CC2)c1. The predicted molar refractivity (Wildman–Crippen MR) is 78.9 cm³/mol. The summed E-state index contributed by atoms with van der Waals surface area (Å²) in [5.74, 6) is 0.967. The fourth-order valence-electron chi connectivity index (χ4n) is 2.68. The Morgan fingerprint density at radius 1 is 1.37 bits per heavy atom. The van der Waals surface area contributed by atoms with E-state index in [0.717, 1.165) is 30.3 Å². The van der Waals surface area contributed by atoms with E-state index < -0.39 is 0 Å². The molecule has 2 rings (SSSR count). The van der Waals surface area contributed by atoms with E-state index in [1.54, 1.807) is 0 Å². The first-order chi connectivity index (χ1) is 9.11. The first-order valence-corrected chi connectivity index (χ1v) is 6.95. The molecule has 0 saturated carbocycles. The second kappa shape index (κ2) is 5.95. The van der Waals surface area contributed by atoms with Crippen LogP contribution in [-0.2, 0) is 0 Å². The zero-order valence-corrected chi connectivity index (χ0v) is 11.8. The third-order valence-electron chi connectivity index (χ3n) is 3.89. The van der Waals surface area contributed by atoms with Crippen LogP contribution in [0.1, 0.15) is 37.3 Å². The number of oxime groups is 1. The molecule has 1 fully saturated rings. The molecular formula is C15H23N3O. The predicted octanol–water partition coefficient (Wildman–Crippen LogP) is 2.72. The van der Waals surface area contributed by atoms with E-state index in [-0.39, 0.29) is 5.84 Å². The minimum atomic E-state index is 0.187. The number of hydrogen-bond acceptors (Lipinski definition) is 3. The third kappa shape index (κ3) is 3.19. The Morgan fingerprint density at radius 3 is 2.89 bits per heavy atom. The Hall–Kier alpha value is -1.71. The van der Waals surface area contributed by atoms with Crippen LogP contribution in [0.25, 0.3) is 0 Å². The lowest BCUT2D eigenvalue weighted by Gasteiger charge is -2.25. The molecule has 19 heavy (non-hydrogen) atoms. The zero-order chi connectivity index (χ0) is 13.8. The lowest BCUT2D eigenvalue weighted by Crippen LogP contribution is -2.27. The fraction of sp³-hybridized carbons (Fsp3) is 0.533. The maximum atomic E-state index is 8.92. The third-order valence-corrected chi connectivity index (χ3v) is 3.89. The van der Waals surface area contributed by atoms with Crippen LogP contribution in [0.2, 0.25) is 0 Å². The molecule has 104 valence electrons. The summed E-state index contributed by atoms with van der Waals surface area (Å²) in [4.78, 5) is 2.36. The minimum absolute atomic E-state index is 0.187. The van der Waals surface area contributed by atoms with Gasteiger partial charge in [0.05, 0.1) is 0 Å². The van der Waals surface area contributed by atoms with Crippen LogP contribution in [0.5, 0.6) is 0 Å². The number of aryl methyl sites for hydroxylation is 1. The molecule has 1 saturated heterocycles. The Morgan fingerprint density at radius 2 is 2.16 bits per heavy atom. The quantitative estimate of drug-likeness (QED) is 0.372. The van der Waals surface area contributed by atoms with E-state index in [1.165, 1.54) is 24.8 Å². The van der Waals surface area contributed by atoms with Crippen molar-refractivity contribution in [2.45, 2.75) is 33.1 Å². The molecule has 0 spiro atoms. The highest BCUT2D eigenvalue weighted by molar-refractivity contribution is 6.02. The van der Waals surface area contributed by atoms with Gasteiger partial charge in [0.25, 0.3) is 0 Å². The number of benzene rings is 1. The maximum absolute atomic E-state index is 8.92. The monoisotopic (exact) mass is 261 g/mol. The lowest BCUT2D eigenvalue weighted by molar-refractivity contribution is 0.318. The average molecular weight is 261 g/mol. The number of rotatable bonds is 2. The van der Waals surface area contributed by atoms with Gasteiger partial charge in [-0.25, -0.2) is 0 Å². The van der Waals surface area contributed by atoms with Crippen molar-refractivity contribution in [2.75, 3.05) is 18.0 Å². The standard InChI is InChI=1S/C15H23N3O/c1-11-4-3-8-18(9-7-11)14-10-12(2)5-6-13(14)15(16)17-19/h5-6,10-11,19H,3-4,7-9H2,1-2H3,(H2,16,17). The molecule has 1 atom stereocenters. The molecule has 1 heterocycles. The molecule has 4 nitrogen and oxygen atoms in total. The zero-order valence-electron chi connectivity index (χ0n) is 11.8. The topological polar surface area (TPSA) is 61.9 Å². The number of amidine groups is 1. The number of nitrogens with two attached hydrogens (primary N) is 1. The molecule has 1 aromatic carbocycles. The van der Waals surface area contributed by atoms with Crippen molar-refractivity contribution in [1.82, 2.24) is 0 Å². The highest BCUT2D eigenvalue weighted by atomic mass is 16.4. The van der Waals surface area contributed by atoms with E-state index >= 15 is 0 Å². The van der Waals surface area contributed by atoms with Crippen LogP contribution < -0.4 is 10.6 Å². The lowest BCUT2D eigenvalue weighted by atomic mass is 10.0. The van der Waals surface area contributed by atoms with Crippen LogP contribution in [0.3, 0.4) is 0 Å². The summed E-state index contributed by atoms with van der Waals surface area (Å²) in [5, 5.41) is 12.1. The van der Waals surface area contributed by atoms with E-state index in [9.17, 15) is 0 Å². The number of hydrogen-bond donors (Lipinski definition) is 2. The van der Waals surface area contributed by atoms with Crippen molar-refractivity contribution in [1.29, 1.82) is 0 Å². The molecule has 0 aliphatic carbocycles. The van der Waals surface area contributed by atoms with Crippen LogP contribution in [0, 0.1) is 12.8 Å². The van der Waals surface area contributed by atoms with E-state index in [1.807, 2.05) is 12.1 Å². The highest BCUT2D eigenvalue weighted by Gasteiger charge is 2.18. The molecule has 0 radical (unpaired) electrons. The molecule has 1 unspecified atom stereocenters. The maximum Gasteiger partial charge on any atom is 0.172 e. The summed E-state index contributed by atoms with van der Waals surface area (Å²) in [6, 6.07) is 6.06. The van der Waals surface area contributed by atoms with Crippen LogP contribution in [-0.4, -0.2) is 24.1 Å². The van der Waals surface area contributed by atoms with Crippen LogP contribution in [0.4, 0.5) is 5.69 Å². The first-order valence-electron chi connectivity index (χ1n) is 6.95. The molecular weight excluding hydrogens is 238 g/mol. The molecule has 0 amide bonds. The van der Waals surface area contributed by atoms with Gasteiger partial charge in [0.1, 0.15) is 0 Å². The number of anilines is 1. The van der Waals surface area contributed by atoms with Gasteiger partial charge in [0.2, 0.25) is 0 Å². The van der Waals surface area contributed by atoms with E-state index in [0.29, 0.717) is 0 Å². The van der Waals surface area contributed by atoms with Crippen molar-refractivity contribution in [2.24, 2.45) is 16.8 Å². The van der Waals surface area contributed by atoms with Gasteiger partial charge < -0.3 is 15.8 Å². The molecule has 3 N–H and O–H groups in total. The van der Waals surface area contributed by atoms with Crippen molar-refractivity contribution in [3.8, 4) is 0 Å². The molecule has 1 aliphatic heterocycles. The smallest absolute Gasteiger partial charge is 0.172 e. The fourth-order valence-corrected chi connectivity index (χ4v) is 2.68. The molecule has 1 aliphatic rings. The summed E-state index contributed by atoms with van der Waals surface area (Å²) in [5.41, 5.74) is 8.90. The van der Waals surface area contributed by atoms with Gasteiger partial charge in [-0.2, -0.15) is 0 Å². The van der Waals surface area contributed by atoms with Crippen molar-refractivity contribution < 1.29 is 5.21 Å². The normalized spacial score (nSPS) is 21.3. The van der Waals surface area contributed by atoms with Crippen molar-refractivity contribution in [3.63, 3.8) is 0 Å². The molecule has 0 bridgehead atoms. The molecule has 1 aromatic rings.